The number of hydrogen-bond donors (Lipinski definition) is 2. The predicted octanol–water partition coefficient (Wildman–Crippen LogP) is 2.61. The SMILES string of the molecule is CCNC(=NCCCC(=O)NC1CC1)N1CC(C)CC(C)C1.I. The zero-order chi connectivity index (χ0) is 15.9. The number of amides is 1. The molecule has 23 heavy (non-hydrogen) atoms. The van der Waals surface area contributed by atoms with Gasteiger partial charge >= 0.3 is 0 Å². The van der Waals surface area contributed by atoms with Gasteiger partial charge in [0.15, 0.2) is 5.96 Å². The van der Waals surface area contributed by atoms with Crippen molar-refractivity contribution in [1.82, 2.24) is 15.5 Å². The van der Waals surface area contributed by atoms with Gasteiger partial charge < -0.3 is 15.5 Å². The first-order chi connectivity index (χ1) is 10.6. The van der Waals surface area contributed by atoms with Gasteiger partial charge in [-0.2, -0.15) is 0 Å². The molecule has 0 spiro atoms. The largest absolute Gasteiger partial charge is 0.357 e. The topological polar surface area (TPSA) is 56.7 Å². The first kappa shape index (κ1) is 20.5. The molecule has 2 aliphatic rings. The molecule has 0 aromatic carbocycles. The zero-order valence-corrected chi connectivity index (χ0v) is 17.1. The number of guanidine groups is 1. The standard InChI is InChI=1S/C17H32N4O.HI/c1-4-18-17(21-11-13(2)10-14(3)12-21)19-9-5-6-16(22)20-15-7-8-15;/h13-15H,4-12H2,1-3H3,(H,18,19)(H,20,22);1H. The van der Waals surface area contributed by atoms with Gasteiger partial charge in [-0.05, 0) is 44.4 Å². The average Bonchev–Trinajstić information content (AvgIpc) is 3.25. The van der Waals surface area contributed by atoms with Crippen LogP contribution in [0.5, 0.6) is 0 Å². The molecule has 1 saturated carbocycles. The van der Waals surface area contributed by atoms with Gasteiger partial charge in [0, 0.05) is 38.6 Å². The van der Waals surface area contributed by atoms with E-state index >= 15 is 0 Å². The van der Waals surface area contributed by atoms with Crippen LogP contribution in [-0.2, 0) is 4.79 Å². The quantitative estimate of drug-likeness (QED) is 0.291. The van der Waals surface area contributed by atoms with Crippen LogP contribution in [0, 0.1) is 11.8 Å². The van der Waals surface area contributed by atoms with Crippen LogP contribution in [0.25, 0.3) is 0 Å². The number of carbonyl (C=O) groups is 1. The summed E-state index contributed by atoms with van der Waals surface area (Å²) in [5.41, 5.74) is 0. The van der Waals surface area contributed by atoms with E-state index in [2.05, 4.69) is 36.3 Å². The number of hydrogen-bond acceptors (Lipinski definition) is 2. The lowest BCUT2D eigenvalue weighted by Crippen LogP contribution is -2.48. The zero-order valence-electron chi connectivity index (χ0n) is 14.8. The Morgan fingerprint density at radius 3 is 2.43 bits per heavy atom. The van der Waals surface area contributed by atoms with Crippen molar-refractivity contribution < 1.29 is 4.79 Å². The highest BCUT2D eigenvalue weighted by atomic mass is 127. The summed E-state index contributed by atoms with van der Waals surface area (Å²) in [4.78, 5) is 18.8. The van der Waals surface area contributed by atoms with Gasteiger partial charge in [0.05, 0.1) is 0 Å². The molecular weight excluding hydrogens is 403 g/mol. The monoisotopic (exact) mass is 436 g/mol. The van der Waals surface area contributed by atoms with Crippen molar-refractivity contribution in [3.8, 4) is 0 Å². The summed E-state index contributed by atoms with van der Waals surface area (Å²) in [5.74, 6) is 2.64. The van der Waals surface area contributed by atoms with Crippen molar-refractivity contribution in [3.63, 3.8) is 0 Å². The second kappa shape index (κ2) is 10.4. The maximum atomic E-state index is 11.7. The number of piperidine rings is 1. The van der Waals surface area contributed by atoms with E-state index in [4.69, 9.17) is 4.99 Å². The van der Waals surface area contributed by atoms with Crippen LogP contribution < -0.4 is 10.6 Å². The van der Waals surface area contributed by atoms with E-state index in [0.717, 1.165) is 63.2 Å². The second-order valence-electron chi connectivity index (χ2n) is 7.03. The van der Waals surface area contributed by atoms with E-state index in [0.29, 0.717) is 12.5 Å². The molecule has 1 aliphatic carbocycles. The lowest BCUT2D eigenvalue weighted by molar-refractivity contribution is -0.121. The van der Waals surface area contributed by atoms with Crippen LogP contribution in [0.2, 0.25) is 0 Å². The Morgan fingerprint density at radius 1 is 1.22 bits per heavy atom. The summed E-state index contributed by atoms with van der Waals surface area (Å²) in [6.07, 6.45) is 5.02. The maximum Gasteiger partial charge on any atom is 0.220 e. The summed E-state index contributed by atoms with van der Waals surface area (Å²) < 4.78 is 0. The van der Waals surface area contributed by atoms with Gasteiger partial charge in [-0.25, -0.2) is 0 Å². The van der Waals surface area contributed by atoms with E-state index in [1.165, 1.54) is 6.42 Å². The molecule has 134 valence electrons. The highest BCUT2D eigenvalue weighted by Crippen LogP contribution is 2.21. The van der Waals surface area contributed by atoms with Crippen LogP contribution >= 0.6 is 24.0 Å². The van der Waals surface area contributed by atoms with Crippen LogP contribution in [0.15, 0.2) is 4.99 Å². The van der Waals surface area contributed by atoms with Crippen LogP contribution in [0.3, 0.4) is 0 Å². The minimum atomic E-state index is 0. The van der Waals surface area contributed by atoms with Crippen molar-refractivity contribution in [2.75, 3.05) is 26.2 Å². The fourth-order valence-electron chi connectivity index (χ4n) is 3.21. The predicted molar refractivity (Wildman–Crippen MR) is 106 cm³/mol. The van der Waals surface area contributed by atoms with E-state index in [9.17, 15) is 4.79 Å². The molecule has 0 bridgehead atoms. The molecule has 0 aromatic rings. The summed E-state index contributed by atoms with van der Waals surface area (Å²) in [6, 6.07) is 0.463. The second-order valence-corrected chi connectivity index (χ2v) is 7.03. The number of aliphatic imine (C=N–C) groups is 1. The van der Waals surface area contributed by atoms with Crippen molar-refractivity contribution in [3.05, 3.63) is 0 Å². The van der Waals surface area contributed by atoms with E-state index < -0.39 is 0 Å². The number of nitrogens with zero attached hydrogens (tertiary/aromatic N) is 2. The highest BCUT2D eigenvalue weighted by Gasteiger charge is 2.24. The number of likely N-dealkylation sites (tertiary alicyclic amines) is 1. The molecule has 2 atom stereocenters. The highest BCUT2D eigenvalue weighted by molar-refractivity contribution is 14.0. The summed E-state index contributed by atoms with van der Waals surface area (Å²) >= 11 is 0. The minimum absolute atomic E-state index is 0. The van der Waals surface area contributed by atoms with Crippen molar-refractivity contribution in [1.29, 1.82) is 0 Å². The van der Waals surface area contributed by atoms with Crippen LogP contribution in [-0.4, -0.2) is 49.0 Å². The molecule has 0 aromatic heterocycles. The molecule has 2 rings (SSSR count). The normalized spacial score (nSPS) is 24.8. The summed E-state index contributed by atoms with van der Waals surface area (Å²) in [5, 5.41) is 6.43. The molecule has 0 radical (unpaired) electrons. The molecule has 2 unspecified atom stereocenters. The number of carbonyl (C=O) groups excluding carboxylic acids is 1. The Morgan fingerprint density at radius 2 is 1.87 bits per heavy atom. The smallest absolute Gasteiger partial charge is 0.220 e. The molecular formula is C17H33IN4O. The maximum absolute atomic E-state index is 11.7. The third kappa shape index (κ3) is 7.72. The van der Waals surface area contributed by atoms with E-state index in [-0.39, 0.29) is 29.9 Å². The fourth-order valence-corrected chi connectivity index (χ4v) is 3.21. The van der Waals surface area contributed by atoms with Gasteiger partial charge in [0.2, 0.25) is 5.91 Å². The lowest BCUT2D eigenvalue weighted by Gasteiger charge is -2.37. The third-order valence-corrected chi connectivity index (χ3v) is 4.27. The van der Waals surface area contributed by atoms with Crippen LogP contribution in [0.4, 0.5) is 0 Å². The summed E-state index contributed by atoms with van der Waals surface area (Å²) in [6.45, 7) is 10.5. The molecule has 1 heterocycles. The Balaban J connectivity index is 0.00000264. The molecule has 1 aliphatic heterocycles. The van der Waals surface area contributed by atoms with Crippen molar-refractivity contribution in [2.24, 2.45) is 16.8 Å². The first-order valence-electron chi connectivity index (χ1n) is 8.91. The average molecular weight is 436 g/mol. The van der Waals surface area contributed by atoms with Crippen molar-refractivity contribution in [2.45, 2.75) is 58.9 Å². The Kier molecular flexibility index (Phi) is 9.24. The molecule has 1 amide bonds. The van der Waals surface area contributed by atoms with Gasteiger partial charge in [0.25, 0.3) is 0 Å². The molecule has 5 nitrogen and oxygen atoms in total. The van der Waals surface area contributed by atoms with Crippen molar-refractivity contribution >= 4 is 35.8 Å². The van der Waals surface area contributed by atoms with Gasteiger partial charge in [0.1, 0.15) is 0 Å². The minimum Gasteiger partial charge on any atom is -0.357 e. The Bertz CT molecular complexity index is 388. The summed E-state index contributed by atoms with van der Waals surface area (Å²) in [7, 11) is 0. The lowest BCUT2D eigenvalue weighted by atomic mass is 9.92. The molecule has 2 N–H and O–H groups in total. The molecule has 6 heteroatoms. The first-order valence-corrected chi connectivity index (χ1v) is 8.91. The van der Waals surface area contributed by atoms with Gasteiger partial charge in [-0.15, -0.1) is 24.0 Å². The van der Waals surface area contributed by atoms with E-state index in [1.807, 2.05) is 0 Å². The Hall–Kier alpha value is -0.530. The molecule has 2 fully saturated rings. The molecule has 1 saturated heterocycles. The Labute approximate surface area is 158 Å². The fraction of sp³-hybridized carbons (Fsp3) is 0.882. The van der Waals surface area contributed by atoms with Gasteiger partial charge in [-0.3, -0.25) is 9.79 Å². The third-order valence-electron chi connectivity index (χ3n) is 4.27. The number of halogens is 1. The number of nitrogens with one attached hydrogen (secondary N) is 2. The number of rotatable bonds is 6. The van der Waals surface area contributed by atoms with E-state index in [1.54, 1.807) is 0 Å². The van der Waals surface area contributed by atoms with Crippen LogP contribution in [0.1, 0.15) is 52.9 Å². The van der Waals surface area contributed by atoms with Gasteiger partial charge in [-0.1, -0.05) is 13.8 Å².